The van der Waals surface area contributed by atoms with Gasteiger partial charge in [0.15, 0.2) is 11.6 Å². The maximum atomic E-state index is 12.0. The van der Waals surface area contributed by atoms with Gasteiger partial charge in [-0.25, -0.2) is 9.97 Å². The van der Waals surface area contributed by atoms with Gasteiger partial charge in [0.2, 0.25) is 5.95 Å². The summed E-state index contributed by atoms with van der Waals surface area (Å²) < 4.78 is 8.90. The number of primary amides is 1. The van der Waals surface area contributed by atoms with E-state index < -0.39 is 5.91 Å². The van der Waals surface area contributed by atoms with E-state index in [0.717, 1.165) is 11.4 Å². The first-order chi connectivity index (χ1) is 16.4. The minimum atomic E-state index is -0.668. The molecule has 0 saturated heterocycles. The molecule has 0 aliphatic carbocycles. The Kier molecular flexibility index (Phi) is 7.41. The van der Waals surface area contributed by atoms with Crippen molar-refractivity contribution >= 4 is 29.0 Å². The average Bonchev–Trinajstić information content (AvgIpc) is 3.39. The molecule has 1 amide bonds. The van der Waals surface area contributed by atoms with Gasteiger partial charge in [-0.2, -0.15) is 15.2 Å². The predicted molar refractivity (Wildman–Crippen MR) is 129 cm³/mol. The zero-order valence-corrected chi connectivity index (χ0v) is 20.0. The van der Waals surface area contributed by atoms with Crippen LogP contribution in [0.1, 0.15) is 29.9 Å². The molecule has 0 aliphatic rings. The molecule has 0 fully saturated rings. The number of carbonyl (C=O) groups excluding carboxylic acids is 1. The lowest BCUT2D eigenvalue weighted by atomic mass is 10.1. The second-order valence-corrected chi connectivity index (χ2v) is 7.00. The van der Waals surface area contributed by atoms with Crippen LogP contribution in [0.4, 0.5) is 23.1 Å². The van der Waals surface area contributed by atoms with Gasteiger partial charge < -0.3 is 21.1 Å². The summed E-state index contributed by atoms with van der Waals surface area (Å²) in [5, 5.41) is 14.9. The second-order valence-electron chi connectivity index (χ2n) is 7.00. The number of aromatic nitrogens is 7. The summed E-state index contributed by atoms with van der Waals surface area (Å²) in [7, 11) is 5.14. The Morgan fingerprint density at radius 3 is 2.41 bits per heavy atom. The number of rotatable bonds is 7. The number of aryl methyl sites for hydroxylation is 3. The lowest BCUT2D eigenvalue weighted by Gasteiger charge is -2.15. The Bertz CT molecular complexity index is 1290. The topological polar surface area (TPSA) is 151 Å². The molecule has 0 aliphatic heterocycles. The van der Waals surface area contributed by atoms with Crippen molar-refractivity contribution in [3.05, 3.63) is 48.2 Å². The summed E-state index contributed by atoms with van der Waals surface area (Å²) >= 11 is 0. The molecule has 4 N–H and O–H groups in total. The van der Waals surface area contributed by atoms with E-state index in [1.807, 2.05) is 40.0 Å². The number of para-hydroxylation sites is 1. The van der Waals surface area contributed by atoms with Crippen molar-refractivity contribution in [2.45, 2.75) is 20.8 Å². The number of carbonyl (C=O) groups is 1. The van der Waals surface area contributed by atoms with E-state index in [9.17, 15) is 4.79 Å². The largest absolute Gasteiger partial charge is 0.494 e. The van der Waals surface area contributed by atoms with Gasteiger partial charge in [-0.15, -0.1) is 0 Å². The van der Waals surface area contributed by atoms with Gasteiger partial charge in [-0.3, -0.25) is 14.2 Å². The van der Waals surface area contributed by atoms with Crippen LogP contribution in [0.2, 0.25) is 0 Å². The highest BCUT2D eigenvalue weighted by atomic mass is 16.5. The molecule has 0 bridgehead atoms. The second kappa shape index (κ2) is 10.4. The van der Waals surface area contributed by atoms with Crippen LogP contribution in [-0.4, -0.2) is 47.5 Å². The summed E-state index contributed by atoms with van der Waals surface area (Å²) in [4.78, 5) is 24.9. The van der Waals surface area contributed by atoms with Crippen LogP contribution in [-0.2, 0) is 14.1 Å². The molecule has 12 heteroatoms. The lowest BCUT2D eigenvalue weighted by Crippen LogP contribution is -2.16. The molecule has 178 valence electrons. The van der Waals surface area contributed by atoms with Crippen molar-refractivity contribution in [2.24, 2.45) is 19.8 Å². The average molecular weight is 465 g/mol. The molecular weight excluding hydrogens is 436 g/mol. The van der Waals surface area contributed by atoms with Gasteiger partial charge in [0.25, 0.3) is 5.91 Å². The van der Waals surface area contributed by atoms with E-state index in [-0.39, 0.29) is 17.3 Å². The number of benzene rings is 1. The number of amides is 1. The van der Waals surface area contributed by atoms with Crippen molar-refractivity contribution in [2.75, 3.05) is 17.7 Å². The van der Waals surface area contributed by atoms with E-state index >= 15 is 0 Å². The third kappa shape index (κ3) is 5.11. The van der Waals surface area contributed by atoms with Gasteiger partial charge in [-0.1, -0.05) is 19.9 Å². The molecule has 4 aromatic rings. The predicted octanol–water partition coefficient (Wildman–Crippen LogP) is 2.93. The number of nitrogens with zero attached hydrogens (tertiary/aromatic N) is 7. The molecule has 0 unspecified atom stereocenters. The zero-order valence-electron chi connectivity index (χ0n) is 20.0. The van der Waals surface area contributed by atoms with Crippen molar-refractivity contribution in [3.63, 3.8) is 0 Å². The van der Waals surface area contributed by atoms with Gasteiger partial charge in [0.05, 0.1) is 29.7 Å². The quantitative estimate of drug-likeness (QED) is 0.375. The van der Waals surface area contributed by atoms with Crippen LogP contribution in [0.15, 0.2) is 36.9 Å². The molecule has 1 aromatic carbocycles. The van der Waals surface area contributed by atoms with Crippen LogP contribution < -0.4 is 21.1 Å². The fraction of sp³-hybridized carbons (Fsp3) is 0.273. The van der Waals surface area contributed by atoms with E-state index in [0.29, 0.717) is 22.8 Å². The Hall–Kier alpha value is -4.48. The SMILES string of the molecule is CC.COc1c(Nc2nc(Nc3cn(C)nc3C)ncc2C(N)=O)cccc1-c1ncn(C)n1. The van der Waals surface area contributed by atoms with E-state index in [1.165, 1.54) is 6.20 Å². The van der Waals surface area contributed by atoms with Gasteiger partial charge in [0, 0.05) is 26.5 Å². The first kappa shape index (κ1) is 24.2. The molecule has 3 heterocycles. The van der Waals surface area contributed by atoms with Gasteiger partial charge >= 0.3 is 0 Å². The lowest BCUT2D eigenvalue weighted by molar-refractivity contribution is 0.100. The van der Waals surface area contributed by atoms with Gasteiger partial charge in [-0.05, 0) is 19.1 Å². The number of hydrogen-bond donors (Lipinski definition) is 3. The fourth-order valence-corrected chi connectivity index (χ4v) is 3.18. The van der Waals surface area contributed by atoms with E-state index in [1.54, 1.807) is 42.1 Å². The molecule has 0 saturated carbocycles. The summed E-state index contributed by atoms with van der Waals surface area (Å²) in [5.74, 6) is 0.819. The van der Waals surface area contributed by atoms with E-state index in [2.05, 4.69) is 35.8 Å². The number of anilines is 4. The van der Waals surface area contributed by atoms with Crippen molar-refractivity contribution in [3.8, 4) is 17.1 Å². The number of nitrogens with one attached hydrogen (secondary N) is 2. The zero-order chi connectivity index (χ0) is 24.8. The Balaban J connectivity index is 0.00000158. The molecule has 0 radical (unpaired) electrons. The Morgan fingerprint density at radius 2 is 1.82 bits per heavy atom. The molecule has 3 aromatic heterocycles. The Morgan fingerprint density at radius 1 is 1.06 bits per heavy atom. The maximum Gasteiger partial charge on any atom is 0.254 e. The highest BCUT2D eigenvalue weighted by molar-refractivity contribution is 5.98. The van der Waals surface area contributed by atoms with Crippen LogP contribution in [0.5, 0.6) is 5.75 Å². The van der Waals surface area contributed by atoms with E-state index in [4.69, 9.17) is 10.5 Å². The minimum Gasteiger partial charge on any atom is -0.494 e. The summed E-state index contributed by atoms with van der Waals surface area (Å²) in [6.45, 7) is 5.86. The third-order valence-electron chi connectivity index (χ3n) is 4.63. The van der Waals surface area contributed by atoms with Crippen molar-refractivity contribution in [1.29, 1.82) is 0 Å². The van der Waals surface area contributed by atoms with Crippen LogP contribution in [0, 0.1) is 6.92 Å². The molecular formula is C22H28N10O2. The molecule has 34 heavy (non-hydrogen) atoms. The normalized spacial score (nSPS) is 10.3. The van der Waals surface area contributed by atoms with Crippen molar-refractivity contribution < 1.29 is 9.53 Å². The molecule has 0 spiro atoms. The van der Waals surface area contributed by atoms with Gasteiger partial charge in [0.1, 0.15) is 17.7 Å². The van der Waals surface area contributed by atoms with Crippen LogP contribution in [0.3, 0.4) is 0 Å². The van der Waals surface area contributed by atoms with Crippen molar-refractivity contribution in [1.82, 2.24) is 34.5 Å². The number of hydrogen-bond acceptors (Lipinski definition) is 9. The third-order valence-corrected chi connectivity index (χ3v) is 4.63. The minimum absolute atomic E-state index is 0.127. The maximum absolute atomic E-state index is 12.0. The molecule has 12 nitrogen and oxygen atoms in total. The monoisotopic (exact) mass is 464 g/mol. The fourth-order valence-electron chi connectivity index (χ4n) is 3.18. The molecule has 4 rings (SSSR count). The summed E-state index contributed by atoms with van der Waals surface area (Å²) in [6.07, 6.45) is 4.77. The first-order valence-electron chi connectivity index (χ1n) is 10.6. The summed E-state index contributed by atoms with van der Waals surface area (Å²) in [6, 6.07) is 5.45. The van der Waals surface area contributed by atoms with Crippen LogP contribution in [0.25, 0.3) is 11.4 Å². The molecule has 0 atom stereocenters. The van der Waals surface area contributed by atoms with Crippen LogP contribution >= 0.6 is 0 Å². The standard InChI is InChI=1S/C20H22N10O2.C2H6/c1-11-15(9-29(2)27-11)25-20-22-8-13(17(21)31)19(26-20)24-14-7-5-6-12(16(14)32-4)18-23-10-30(3)28-18;1-2/h5-10H,1-4H3,(H2,21,31)(H2,22,24,25,26);1-2H3. The Labute approximate surface area is 197 Å². The highest BCUT2D eigenvalue weighted by Crippen LogP contribution is 2.36. The number of methoxy groups -OCH3 is 1. The first-order valence-corrected chi connectivity index (χ1v) is 10.6. The number of ether oxygens (including phenoxy) is 1. The smallest absolute Gasteiger partial charge is 0.254 e. The summed E-state index contributed by atoms with van der Waals surface area (Å²) in [5.41, 5.74) is 8.43. The highest BCUT2D eigenvalue weighted by Gasteiger charge is 2.18. The number of nitrogens with two attached hydrogens (primary N) is 1.